The molecule has 82 valence electrons. The third kappa shape index (κ3) is 3.64. The van der Waals surface area contributed by atoms with Gasteiger partial charge in [0, 0.05) is 13.2 Å². The second-order valence-electron chi connectivity index (χ2n) is 3.68. The van der Waals surface area contributed by atoms with Crippen molar-refractivity contribution >= 4 is 5.97 Å². The molecule has 1 saturated heterocycles. The average Bonchev–Trinajstić information content (AvgIpc) is 2.19. The van der Waals surface area contributed by atoms with Gasteiger partial charge in [-0.05, 0) is 32.1 Å². The summed E-state index contributed by atoms with van der Waals surface area (Å²) in [6.07, 6.45) is 2.85. The van der Waals surface area contributed by atoms with E-state index in [1.165, 1.54) is 0 Å². The highest BCUT2D eigenvalue weighted by Crippen LogP contribution is 2.18. The Balaban J connectivity index is 2.24. The van der Waals surface area contributed by atoms with Gasteiger partial charge in [0.1, 0.15) is 6.04 Å². The second-order valence-corrected chi connectivity index (χ2v) is 3.68. The first-order valence-electron chi connectivity index (χ1n) is 5.24. The van der Waals surface area contributed by atoms with Crippen LogP contribution in [0.3, 0.4) is 0 Å². The van der Waals surface area contributed by atoms with Crippen molar-refractivity contribution in [1.82, 2.24) is 0 Å². The molecule has 2 N–H and O–H groups in total. The Bertz CT molecular complexity index is 178. The molecule has 1 rings (SSSR count). The van der Waals surface area contributed by atoms with Crippen LogP contribution in [0.2, 0.25) is 0 Å². The monoisotopic (exact) mass is 201 g/mol. The molecule has 1 aliphatic rings. The molecule has 2 atom stereocenters. The molecule has 1 heterocycles. The largest absolute Gasteiger partial charge is 0.465 e. The molecular formula is C10H19NO3. The van der Waals surface area contributed by atoms with E-state index in [9.17, 15) is 4.79 Å². The van der Waals surface area contributed by atoms with Crippen molar-refractivity contribution in [3.8, 4) is 0 Å². The van der Waals surface area contributed by atoms with E-state index in [4.69, 9.17) is 15.2 Å². The molecule has 0 bridgehead atoms. The fourth-order valence-electron chi connectivity index (χ4n) is 1.70. The van der Waals surface area contributed by atoms with Gasteiger partial charge < -0.3 is 15.2 Å². The Morgan fingerprint density at radius 3 is 3.07 bits per heavy atom. The third-order valence-electron chi connectivity index (χ3n) is 2.43. The lowest BCUT2D eigenvalue weighted by Gasteiger charge is -2.23. The summed E-state index contributed by atoms with van der Waals surface area (Å²) in [6, 6.07) is -0.485. The fourth-order valence-corrected chi connectivity index (χ4v) is 1.70. The van der Waals surface area contributed by atoms with Crippen LogP contribution in [0, 0.1) is 5.92 Å². The van der Waals surface area contributed by atoms with Crippen molar-refractivity contribution in [2.24, 2.45) is 11.7 Å². The number of hydrogen-bond acceptors (Lipinski definition) is 4. The van der Waals surface area contributed by atoms with E-state index in [1.54, 1.807) is 6.92 Å². The molecule has 0 aliphatic carbocycles. The summed E-state index contributed by atoms with van der Waals surface area (Å²) in [5.41, 5.74) is 5.70. The Morgan fingerprint density at radius 1 is 1.71 bits per heavy atom. The van der Waals surface area contributed by atoms with Crippen molar-refractivity contribution in [2.45, 2.75) is 32.2 Å². The van der Waals surface area contributed by atoms with E-state index in [0.717, 1.165) is 26.1 Å². The summed E-state index contributed by atoms with van der Waals surface area (Å²) in [5, 5.41) is 0. The third-order valence-corrected chi connectivity index (χ3v) is 2.43. The quantitative estimate of drug-likeness (QED) is 0.680. The van der Waals surface area contributed by atoms with Gasteiger partial charge in [-0.1, -0.05) is 0 Å². The van der Waals surface area contributed by atoms with E-state index >= 15 is 0 Å². The Morgan fingerprint density at radius 2 is 2.50 bits per heavy atom. The van der Waals surface area contributed by atoms with E-state index in [0.29, 0.717) is 18.9 Å². The molecule has 0 saturated carbocycles. The zero-order valence-corrected chi connectivity index (χ0v) is 8.70. The average molecular weight is 201 g/mol. The highest BCUT2D eigenvalue weighted by Gasteiger charge is 2.22. The van der Waals surface area contributed by atoms with Gasteiger partial charge >= 0.3 is 5.97 Å². The molecule has 4 nitrogen and oxygen atoms in total. The predicted molar refractivity (Wildman–Crippen MR) is 52.8 cm³/mol. The van der Waals surface area contributed by atoms with E-state index in [1.807, 2.05) is 0 Å². The lowest BCUT2D eigenvalue weighted by Crippen LogP contribution is -2.36. The number of hydrogen-bond donors (Lipinski definition) is 1. The van der Waals surface area contributed by atoms with Crippen LogP contribution in [-0.4, -0.2) is 31.8 Å². The van der Waals surface area contributed by atoms with E-state index < -0.39 is 6.04 Å². The van der Waals surface area contributed by atoms with Gasteiger partial charge in [-0.15, -0.1) is 0 Å². The molecule has 4 heteroatoms. The highest BCUT2D eigenvalue weighted by molar-refractivity contribution is 5.75. The number of nitrogens with two attached hydrogens (primary N) is 1. The van der Waals surface area contributed by atoms with Crippen LogP contribution in [0.15, 0.2) is 0 Å². The van der Waals surface area contributed by atoms with Gasteiger partial charge in [-0.25, -0.2) is 0 Å². The minimum absolute atomic E-state index is 0.293. The molecule has 1 fully saturated rings. The van der Waals surface area contributed by atoms with Gasteiger partial charge in [0.25, 0.3) is 0 Å². The molecule has 0 radical (unpaired) electrons. The smallest absolute Gasteiger partial charge is 0.322 e. The van der Waals surface area contributed by atoms with Crippen LogP contribution in [0.5, 0.6) is 0 Å². The van der Waals surface area contributed by atoms with Crippen LogP contribution >= 0.6 is 0 Å². The van der Waals surface area contributed by atoms with Crippen LogP contribution < -0.4 is 5.73 Å². The molecule has 0 aromatic carbocycles. The highest BCUT2D eigenvalue weighted by atomic mass is 16.5. The number of ether oxygens (including phenoxy) is 2. The summed E-state index contributed by atoms with van der Waals surface area (Å²) in [4.78, 5) is 11.2. The molecule has 0 spiro atoms. The van der Waals surface area contributed by atoms with Crippen LogP contribution in [0.4, 0.5) is 0 Å². The van der Waals surface area contributed by atoms with E-state index in [2.05, 4.69) is 0 Å². The van der Waals surface area contributed by atoms with Crippen LogP contribution in [-0.2, 0) is 14.3 Å². The molecule has 0 aromatic heterocycles. The van der Waals surface area contributed by atoms with Gasteiger partial charge in [0.2, 0.25) is 0 Å². The van der Waals surface area contributed by atoms with Gasteiger partial charge in [-0.2, -0.15) is 0 Å². The fraction of sp³-hybridized carbons (Fsp3) is 0.900. The SMILES string of the molecule is CCOC(=O)C(N)CC1CCCOC1. The van der Waals surface area contributed by atoms with Crippen molar-refractivity contribution < 1.29 is 14.3 Å². The minimum atomic E-state index is -0.485. The van der Waals surface area contributed by atoms with Crippen LogP contribution in [0.1, 0.15) is 26.2 Å². The van der Waals surface area contributed by atoms with Crippen molar-refractivity contribution in [3.63, 3.8) is 0 Å². The zero-order valence-electron chi connectivity index (χ0n) is 8.70. The molecule has 1 aliphatic heterocycles. The first kappa shape index (κ1) is 11.5. The van der Waals surface area contributed by atoms with Crippen molar-refractivity contribution in [1.29, 1.82) is 0 Å². The normalized spacial score (nSPS) is 24.3. The number of esters is 1. The zero-order chi connectivity index (χ0) is 10.4. The topological polar surface area (TPSA) is 61.5 Å². The van der Waals surface area contributed by atoms with Gasteiger partial charge in [0.15, 0.2) is 0 Å². The maximum Gasteiger partial charge on any atom is 0.322 e. The lowest BCUT2D eigenvalue weighted by molar-refractivity contribution is -0.145. The van der Waals surface area contributed by atoms with Crippen molar-refractivity contribution in [2.75, 3.05) is 19.8 Å². The molecule has 0 amide bonds. The Kier molecular flexibility index (Phi) is 4.90. The maximum absolute atomic E-state index is 11.2. The Labute approximate surface area is 84.7 Å². The summed E-state index contributed by atoms with van der Waals surface area (Å²) < 4.78 is 10.2. The molecule has 14 heavy (non-hydrogen) atoms. The lowest BCUT2D eigenvalue weighted by atomic mass is 9.95. The first-order chi connectivity index (χ1) is 6.74. The summed E-state index contributed by atoms with van der Waals surface area (Å²) in [5.74, 6) is 0.126. The summed E-state index contributed by atoms with van der Waals surface area (Å²) in [6.45, 7) is 3.75. The second kappa shape index (κ2) is 5.98. The molecular weight excluding hydrogens is 182 g/mol. The summed E-state index contributed by atoms with van der Waals surface area (Å²) in [7, 11) is 0. The first-order valence-corrected chi connectivity index (χ1v) is 5.24. The van der Waals surface area contributed by atoms with Gasteiger partial charge in [-0.3, -0.25) is 4.79 Å². The summed E-state index contributed by atoms with van der Waals surface area (Å²) >= 11 is 0. The van der Waals surface area contributed by atoms with Crippen molar-refractivity contribution in [3.05, 3.63) is 0 Å². The van der Waals surface area contributed by atoms with E-state index in [-0.39, 0.29) is 5.97 Å². The maximum atomic E-state index is 11.2. The standard InChI is InChI=1S/C10H19NO3/c1-2-14-10(12)9(11)6-8-4-3-5-13-7-8/h8-9H,2-7,11H2,1H3. The molecule has 2 unspecified atom stereocenters. The molecule has 0 aromatic rings. The number of carbonyl (C=O) groups is 1. The van der Waals surface area contributed by atoms with Crippen LogP contribution in [0.25, 0.3) is 0 Å². The number of carbonyl (C=O) groups excluding carboxylic acids is 1. The number of rotatable bonds is 4. The minimum Gasteiger partial charge on any atom is -0.465 e. The Hall–Kier alpha value is -0.610. The van der Waals surface area contributed by atoms with Gasteiger partial charge in [0.05, 0.1) is 6.61 Å². The predicted octanol–water partition coefficient (Wildman–Crippen LogP) is 0.693.